The monoisotopic (exact) mass is 682 g/mol. The van der Waals surface area contributed by atoms with Crippen LogP contribution in [0, 0.1) is 34.5 Å². The molecule has 4 rings (SSSR count). The van der Waals surface area contributed by atoms with Gasteiger partial charge in [0.15, 0.2) is 0 Å². The number of rotatable bonds is 7. The molecule has 0 saturated heterocycles. The number of carbonyl (C=O) groups excluding carboxylic acids is 4. The summed E-state index contributed by atoms with van der Waals surface area (Å²) in [7, 11) is 0. The Hall–Kier alpha value is -2.49. The molecule has 0 atom stereocenters. The average molecular weight is 683 g/mol. The molecule has 2 N–H and O–H groups in total. The van der Waals surface area contributed by atoms with Crippen LogP contribution in [0.2, 0.25) is 0 Å². The summed E-state index contributed by atoms with van der Waals surface area (Å²) >= 11 is 0. The molecule has 0 aromatic heterocycles. The topological polar surface area (TPSA) is 154 Å². The van der Waals surface area contributed by atoms with Crippen molar-refractivity contribution in [1.82, 2.24) is 0 Å². The van der Waals surface area contributed by atoms with Gasteiger partial charge in [0.05, 0.1) is 48.6 Å². The molecule has 0 aromatic rings. The predicted octanol–water partition coefficient (Wildman–Crippen LogP) is 7.46. The summed E-state index contributed by atoms with van der Waals surface area (Å²) in [6.45, 7) is 15.3. The Bertz CT molecular complexity index is 973. The van der Waals surface area contributed by atoms with E-state index < -0.39 is 11.4 Å². The van der Waals surface area contributed by atoms with Crippen molar-refractivity contribution in [2.75, 3.05) is 19.8 Å². The normalized spacial score (nSPS) is 30.4. The van der Waals surface area contributed by atoms with Crippen molar-refractivity contribution in [3.8, 4) is 0 Å². The molecule has 4 saturated carbocycles. The van der Waals surface area contributed by atoms with Crippen LogP contribution >= 0.6 is 0 Å². The van der Waals surface area contributed by atoms with Gasteiger partial charge in [0, 0.05) is 12.8 Å². The van der Waals surface area contributed by atoms with Gasteiger partial charge >= 0.3 is 23.9 Å². The molecule has 0 heterocycles. The summed E-state index contributed by atoms with van der Waals surface area (Å²) in [5.41, 5.74) is -0.776. The van der Waals surface area contributed by atoms with Crippen molar-refractivity contribution >= 4 is 29.7 Å². The number of carboxylic acids is 1. The zero-order chi connectivity index (χ0) is 36.3. The Balaban J connectivity index is 0.000000320. The molecule has 0 spiro atoms. The lowest BCUT2D eigenvalue weighted by molar-refractivity contribution is -0.157. The minimum absolute atomic E-state index is 0.00176. The number of esters is 3. The van der Waals surface area contributed by atoms with Crippen LogP contribution in [-0.2, 0) is 38.2 Å². The highest BCUT2D eigenvalue weighted by molar-refractivity contribution is 5.82. The third-order valence-corrected chi connectivity index (χ3v) is 10.5. The standard InChI is InChI=1S/C11H20O2.C10H18O2.C9H14O3.C8H14O3/c1-4-13-10(12)11(3)7-5-9(2)6-8-11;1-3-12-10(11)9-6-4-8(2)5-7-9;1-2-12-9(11)7-3-5-8(10)6-4-7;1-8(7(10)11)4-2-6(9)3-5-8/h9H,4-8H2,1-3H3;8-9H,3-7H2,1-2H3;7H,2-6H2,1H3;6,9H,2-5H2,1H3,(H,10,11). The minimum Gasteiger partial charge on any atom is -0.481 e. The SMILES string of the molecule is CC1(C(=O)O)CCC(O)CC1.CCOC(=O)C1(C)CCC(C)CC1.CCOC(=O)C1CCC(=O)CC1.CCOC(=O)C1CCC(C)CC1. The number of aliphatic hydroxyl groups is 1. The second kappa shape index (κ2) is 22.3. The maximum Gasteiger partial charge on any atom is 0.311 e. The first-order valence-corrected chi connectivity index (χ1v) is 18.5. The summed E-state index contributed by atoms with van der Waals surface area (Å²) in [4.78, 5) is 55.6. The molecule has 4 fully saturated rings. The van der Waals surface area contributed by atoms with Gasteiger partial charge in [-0.3, -0.25) is 24.0 Å². The lowest BCUT2D eigenvalue weighted by Crippen LogP contribution is -2.33. The molecule has 0 amide bonds. The summed E-state index contributed by atoms with van der Waals surface area (Å²) < 4.78 is 14.9. The first-order valence-electron chi connectivity index (χ1n) is 18.5. The van der Waals surface area contributed by atoms with Gasteiger partial charge < -0.3 is 24.4 Å². The van der Waals surface area contributed by atoms with E-state index in [1.807, 2.05) is 20.8 Å². The van der Waals surface area contributed by atoms with Crippen molar-refractivity contribution in [3.63, 3.8) is 0 Å². The van der Waals surface area contributed by atoms with Crippen LogP contribution in [0.15, 0.2) is 0 Å². The summed E-state index contributed by atoms with van der Waals surface area (Å²) in [6, 6.07) is 0. The number of Topliss-reactive ketones (excluding diaryl/α,β-unsaturated/α-hetero) is 1. The zero-order valence-electron chi connectivity index (χ0n) is 31.0. The van der Waals surface area contributed by atoms with Crippen molar-refractivity contribution in [2.45, 2.75) is 157 Å². The lowest BCUT2D eigenvalue weighted by atomic mass is 9.72. The minimum atomic E-state index is -0.732. The van der Waals surface area contributed by atoms with Gasteiger partial charge in [0.2, 0.25) is 0 Å². The van der Waals surface area contributed by atoms with E-state index in [0.717, 1.165) is 50.4 Å². The van der Waals surface area contributed by atoms with E-state index in [4.69, 9.17) is 24.4 Å². The maximum absolute atomic E-state index is 11.6. The van der Waals surface area contributed by atoms with Gasteiger partial charge in [-0.25, -0.2) is 0 Å². The molecule has 48 heavy (non-hydrogen) atoms. The molecule has 10 heteroatoms. The Morgan fingerprint density at radius 3 is 1.44 bits per heavy atom. The van der Waals surface area contributed by atoms with Crippen LogP contribution in [0.1, 0.15) is 151 Å². The average Bonchev–Trinajstić information content (AvgIpc) is 3.06. The largest absolute Gasteiger partial charge is 0.481 e. The summed E-state index contributed by atoms with van der Waals surface area (Å²) in [5, 5.41) is 17.9. The molecule has 0 unspecified atom stereocenters. The number of aliphatic hydroxyl groups excluding tert-OH is 1. The molecule has 0 aliphatic heterocycles. The summed E-state index contributed by atoms with van der Waals surface area (Å²) in [6.07, 6.45) is 13.4. The fourth-order valence-electron chi connectivity index (χ4n) is 6.55. The number of carboxylic acid groups (broad SMARTS) is 1. The van der Waals surface area contributed by atoms with Crippen molar-refractivity contribution in [1.29, 1.82) is 0 Å². The van der Waals surface area contributed by atoms with E-state index in [-0.39, 0.29) is 47.0 Å². The van der Waals surface area contributed by atoms with E-state index in [1.54, 1.807) is 13.8 Å². The highest BCUT2D eigenvalue weighted by atomic mass is 16.5. The Morgan fingerprint density at radius 1 is 0.625 bits per heavy atom. The molecular weight excluding hydrogens is 616 g/mol. The third-order valence-electron chi connectivity index (χ3n) is 10.5. The first-order chi connectivity index (χ1) is 22.6. The van der Waals surface area contributed by atoms with Crippen molar-refractivity contribution in [2.24, 2.45) is 34.5 Å². The van der Waals surface area contributed by atoms with Crippen LogP contribution in [-0.4, -0.2) is 65.8 Å². The molecule has 278 valence electrons. The molecule has 0 radical (unpaired) electrons. The molecule has 0 bridgehead atoms. The van der Waals surface area contributed by atoms with Gasteiger partial charge in [0.25, 0.3) is 0 Å². The van der Waals surface area contributed by atoms with Gasteiger partial charge in [-0.05, 0) is 136 Å². The Labute approximate surface area is 289 Å². The van der Waals surface area contributed by atoms with Gasteiger partial charge in [-0.1, -0.05) is 13.8 Å². The fraction of sp³-hybridized carbons (Fsp3) is 0.868. The Morgan fingerprint density at radius 2 is 1.02 bits per heavy atom. The highest BCUT2D eigenvalue weighted by Gasteiger charge is 2.38. The molecule has 4 aliphatic rings. The maximum atomic E-state index is 11.6. The van der Waals surface area contributed by atoms with Gasteiger partial charge in [-0.2, -0.15) is 0 Å². The first kappa shape index (κ1) is 43.5. The fourth-order valence-corrected chi connectivity index (χ4v) is 6.55. The van der Waals surface area contributed by atoms with E-state index in [9.17, 15) is 24.0 Å². The number of ketones is 1. The number of hydrogen-bond donors (Lipinski definition) is 2. The molecule has 10 nitrogen and oxygen atoms in total. The van der Waals surface area contributed by atoms with Crippen molar-refractivity contribution in [3.05, 3.63) is 0 Å². The van der Waals surface area contributed by atoms with Crippen molar-refractivity contribution < 1.29 is 48.4 Å². The quantitative estimate of drug-likeness (QED) is 0.204. The van der Waals surface area contributed by atoms with Crippen LogP contribution in [0.5, 0.6) is 0 Å². The van der Waals surface area contributed by atoms with E-state index in [2.05, 4.69) is 13.8 Å². The molecule has 0 aromatic carbocycles. The number of carbonyl (C=O) groups is 5. The second-order valence-electron chi connectivity index (χ2n) is 14.8. The highest BCUT2D eigenvalue weighted by Crippen LogP contribution is 2.39. The van der Waals surface area contributed by atoms with Crippen LogP contribution < -0.4 is 0 Å². The van der Waals surface area contributed by atoms with E-state index in [1.165, 1.54) is 12.8 Å². The van der Waals surface area contributed by atoms with Crippen LogP contribution in [0.25, 0.3) is 0 Å². The van der Waals surface area contributed by atoms with E-state index in [0.29, 0.717) is 71.2 Å². The second-order valence-corrected chi connectivity index (χ2v) is 14.8. The third kappa shape index (κ3) is 15.8. The number of hydrogen-bond acceptors (Lipinski definition) is 9. The number of aliphatic carboxylic acids is 1. The molecular formula is C38H66O10. The lowest BCUT2D eigenvalue weighted by Gasteiger charge is -2.33. The van der Waals surface area contributed by atoms with Crippen LogP contribution in [0.4, 0.5) is 0 Å². The predicted molar refractivity (Wildman–Crippen MR) is 184 cm³/mol. The number of ether oxygens (including phenoxy) is 3. The van der Waals surface area contributed by atoms with Gasteiger partial charge in [0.1, 0.15) is 5.78 Å². The zero-order valence-corrected chi connectivity index (χ0v) is 31.0. The molecule has 4 aliphatic carbocycles. The smallest absolute Gasteiger partial charge is 0.311 e. The van der Waals surface area contributed by atoms with Gasteiger partial charge in [-0.15, -0.1) is 0 Å². The summed E-state index contributed by atoms with van der Waals surface area (Å²) in [5.74, 6) is 1.18. The Kier molecular flexibility index (Phi) is 20.2. The van der Waals surface area contributed by atoms with E-state index >= 15 is 0 Å². The van der Waals surface area contributed by atoms with Crippen LogP contribution in [0.3, 0.4) is 0 Å².